The summed E-state index contributed by atoms with van der Waals surface area (Å²) in [5, 5.41) is 0. The molecule has 2 aromatic rings. The predicted molar refractivity (Wildman–Crippen MR) is 90.6 cm³/mol. The van der Waals surface area contributed by atoms with E-state index in [1.807, 2.05) is 18.2 Å². The Hall–Kier alpha value is -0.590. The van der Waals surface area contributed by atoms with Gasteiger partial charge in [0.2, 0.25) is 0 Å². The Bertz CT molecular complexity index is 601. The summed E-state index contributed by atoms with van der Waals surface area (Å²) in [4.78, 5) is 0. The fraction of sp³-hybridized carbons (Fsp3) is 0.200. The topological polar surface area (TPSA) is 35.2 Å². The van der Waals surface area contributed by atoms with E-state index in [-0.39, 0.29) is 6.04 Å². The summed E-state index contributed by atoms with van der Waals surface area (Å²) in [7, 11) is 1.67. The lowest BCUT2D eigenvalue weighted by molar-refractivity contribution is 0.407. The Morgan fingerprint density at radius 3 is 2.58 bits per heavy atom. The van der Waals surface area contributed by atoms with Crippen molar-refractivity contribution in [3.8, 4) is 5.75 Å². The van der Waals surface area contributed by atoms with Crippen molar-refractivity contribution in [3.63, 3.8) is 0 Å². The van der Waals surface area contributed by atoms with Gasteiger partial charge in [0.05, 0.1) is 13.2 Å². The largest absolute Gasteiger partial charge is 0.496 e. The summed E-state index contributed by atoms with van der Waals surface area (Å²) in [6.07, 6.45) is 0. The van der Waals surface area contributed by atoms with Gasteiger partial charge in [-0.3, -0.25) is 0 Å². The lowest BCUT2D eigenvalue weighted by Crippen LogP contribution is -2.14. The van der Waals surface area contributed by atoms with Gasteiger partial charge in [-0.25, -0.2) is 0 Å². The molecule has 0 saturated carbocycles. The molecule has 0 aliphatic heterocycles. The zero-order chi connectivity index (χ0) is 14.0. The average molecular weight is 432 g/mol. The van der Waals surface area contributed by atoms with Crippen molar-refractivity contribution in [3.05, 3.63) is 61.1 Å². The average Bonchev–Trinajstić information content (AvgIpc) is 2.40. The highest BCUT2D eigenvalue weighted by atomic mass is 127. The first kappa shape index (κ1) is 14.8. The zero-order valence-electron chi connectivity index (χ0n) is 10.8. The second kappa shape index (κ2) is 6.24. The van der Waals surface area contributed by atoms with Crippen LogP contribution in [0.2, 0.25) is 0 Å². The molecule has 2 aromatic carbocycles. The van der Waals surface area contributed by atoms with Crippen molar-refractivity contribution in [1.29, 1.82) is 0 Å². The minimum atomic E-state index is -0.195. The molecule has 0 spiro atoms. The fourth-order valence-electron chi connectivity index (χ4n) is 2.02. The maximum atomic E-state index is 6.43. The molecule has 0 aliphatic carbocycles. The molecular formula is C15H15BrINO. The molecule has 2 rings (SSSR count). The van der Waals surface area contributed by atoms with Crippen molar-refractivity contribution in [1.82, 2.24) is 0 Å². The molecule has 0 amide bonds. The van der Waals surface area contributed by atoms with Crippen molar-refractivity contribution in [2.24, 2.45) is 5.73 Å². The van der Waals surface area contributed by atoms with Crippen LogP contribution in [0.4, 0.5) is 0 Å². The Morgan fingerprint density at radius 1 is 1.16 bits per heavy atom. The van der Waals surface area contributed by atoms with Crippen LogP contribution in [-0.4, -0.2) is 7.11 Å². The number of hydrogen-bond acceptors (Lipinski definition) is 2. The monoisotopic (exact) mass is 431 g/mol. The molecule has 0 aromatic heterocycles. The number of rotatable bonds is 3. The third kappa shape index (κ3) is 3.30. The van der Waals surface area contributed by atoms with Gasteiger partial charge in [0.25, 0.3) is 0 Å². The summed E-state index contributed by atoms with van der Waals surface area (Å²) in [6, 6.07) is 12.0. The van der Waals surface area contributed by atoms with Crippen LogP contribution in [0.25, 0.3) is 0 Å². The van der Waals surface area contributed by atoms with Gasteiger partial charge in [0.1, 0.15) is 5.75 Å². The van der Waals surface area contributed by atoms with E-state index in [2.05, 4.69) is 63.6 Å². The van der Waals surface area contributed by atoms with Crippen LogP contribution in [0.5, 0.6) is 5.75 Å². The van der Waals surface area contributed by atoms with Crippen LogP contribution in [0.3, 0.4) is 0 Å². The van der Waals surface area contributed by atoms with E-state index in [1.54, 1.807) is 7.11 Å². The van der Waals surface area contributed by atoms with E-state index in [9.17, 15) is 0 Å². The molecule has 1 atom stereocenters. The van der Waals surface area contributed by atoms with Gasteiger partial charge >= 0.3 is 0 Å². The number of nitrogens with two attached hydrogens (primary N) is 1. The van der Waals surface area contributed by atoms with Gasteiger partial charge < -0.3 is 10.5 Å². The third-order valence-electron chi connectivity index (χ3n) is 3.01. The van der Waals surface area contributed by atoms with Crippen molar-refractivity contribution < 1.29 is 4.74 Å². The Morgan fingerprint density at radius 2 is 1.89 bits per heavy atom. The Labute approximate surface area is 135 Å². The molecule has 4 heteroatoms. The molecule has 2 nitrogen and oxygen atoms in total. The smallest absolute Gasteiger partial charge is 0.123 e. The summed E-state index contributed by atoms with van der Waals surface area (Å²) in [5.41, 5.74) is 9.71. The summed E-state index contributed by atoms with van der Waals surface area (Å²) in [6.45, 7) is 2.06. The predicted octanol–water partition coefficient (Wildman–Crippen LogP) is 4.42. The van der Waals surface area contributed by atoms with Gasteiger partial charge in [0.15, 0.2) is 0 Å². The van der Waals surface area contributed by atoms with Gasteiger partial charge in [-0.1, -0.05) is 33.6 Å². The third-order valence-corrected chi connectivity index (χ3v) is 4.49. The summed E-state index contributed by atoms with van der Waals surface area (Å²) < 4.78 is 7.60. The first-order valence-corrected chi connectivity index (χ1v) is 7.75. The SMILES string of the molecule is COc1ccc(C)cc1C(N)c1cc(Br)ccc1I. The maximum absolute atomic E-state index is 6.43. The van der Waals surface area contributed by atoms with Crippen LogP contribution in [0.15, 0.2) is 40.9 Å². The molecule has 0 fully saturated rings. The number of benzene rings is 2. The van der Waals surface area contributed by atoms with E-state index in [0.717, 1.165) is 24.9 Å². The summed E-state index contributed by atoms with van der Waals surface area (Å²) in [5.74, 6) is 0.828. The number of hydrogen-bond donors (Lipinski definition) is 1. The van der Waals surface area contributed by atoms with Gasteiger partial charge in [-0.2, -0.15) is 0 Å². The normalized spacial score (nSPS) is 12.3. The first-order valence-electron chi connectivity index (χ1n) is 5.88. The minimum absolute atomic E-state index is 0.195. The van der Waals surface area contributed by atoms with Crippen LogP contribution < -0.4 is 10.5 Å². The molecular weight excluding hydrogens is 417 g/mol. The highest BCUT2D eigenvalue weighted by Crippen LogP contribution is 2.32. The molecule has 19 heavy (non-hydrogen) atoms. The van der Waals surface area contributed by atoms with Gasteiger partial charge in [-0.05, 0) is 59.3 Å². The van der Waals surface area contributed by atoms with Crippen LogP contribution in [0.1, 0.15) is 22.7 Å². The Balaban J connectivity index is 2.51. The second-order valence-electron chi connectivity index (χ2n) is 4.39. The second-order valence-corrected chi connectivity index (χ2v) is 6.47. The molecule has 0 bridgehead atoms. The molecule has 100 valence electrons. The van der Waals surface area contributed by atoms with Gasteiger partial charge in [-0.15, -0.1) is 0 Å². The number of halogens is 2. The molecule has 0 heterocycles. The van der Waals surface area contributed by atoms with Crippen molar-refractivity contribution in [2.45, 2.75) is 13.0 Å². The maximum Gasteiger partial charge on any atom is 0.123 e. The molecule has 0 saturated heterocycles. The van der Waals surface area contributed by atoms with E-state index < -0.39 is 0 Å². The first-order chi connectivity index (χ1) is 9.02. The quantitative estimate of drug-likeness (QED) is 0.730. The van der Waals surface area contributed by atoms with Crippen LogP contribution >= 0.6 is 38.5 Å². The minimum Gasteiger partial charge on any atom is -0.496 e. The van der Waals surface area contributed by atoms with Crippen LogP contribution in [-0.2, 0) is 0 Å². The standard InChI is InChI=1S/C15H15BrINO/c1-9-3-6-14(19-2)12(7-9)15(18)11-8-10(16)4-5-13(11)17/h3-8,15H,18H2,1-2H3. The number of ether oxygens (including phenoxy) is 1. The number of aryl methyl sites for hydroxylation is 1. The van der Waals surface area contributed by atoms with E-state index in [0.29, 0.717) is 0 Å². The van der Waals surface area contributed by atoms with Crippen molar-refractivity contribution in [2.75, 3.05) is 7.11 Å². The Kier molecular flexibility index (Phi) is 4.86. The number of methoxy groups -OCH3 is 1. The highest BCUT2D eigenvalue weighted by Gasteiger charge is 2.17. The molecule has 0 aliphatic rings. The van der Waals surface area contributed by atoms with E-state index in [1.165, 1.54) is 5.56 Å². The zero-order valence-corrected chi connectivity index (χ0v) is 14.5. The highest BCUT2D eigenvalue weighted by molar-refractivity contribution is 14.1. The van der Waals surface area contributed by atoms with Gasteiger partial charge in [0, 0.05) is 13.6 Å². The van der Waals surface area contributed by atoms with Crippen LogP contribution in [0, 0.1) is 10.5 Å². The van der Waals surface area contributed by atoms with E-state index in [4.69, 9.17) is 10.5 Å². The molecule has 1 unspecified atom stereocenters. The lowest BCUT2D eigenvalue weighted by Gasteiger charge is -2.18. The lowest BCUT2D eigenvalue weighted by atomic mass is 9.97. The van der Waals surface area contributed by atoms with Crippen molar-refractivity contribution >= 4 is 38.5 Å². The summed E-state index contributed by atoms with van der Waals surface area (Å²) >= 11 is 5.81. The molecule has 2 N–H and O–H groups in total. The fourth-order valence-corrected chi connectivity index (χ4v) is 3.07. The van der Waals surface area contributed by atoms with E-state index >= 15 is 0 Å². The molecule has 0 radical (unpaired) electrons.